The first-order chi connectivity index (χ1) is 14.2. The molecule has 146 valence electrons. The van der Waals surface area contributed by atoms with E-state index in [2.05, 4.69) is 45.2 Å². The Bertz CT molecular complexity index is 1180. The summed E-state index contributed by atoms with van der Waals surface area (Å²) in [5.74, 6) is 1.11. The van der Waals surface area contributed by atoms with Crippen LogP contribution in [0.3, 0.4) is 0 Å². The number of nitrogens with one attached hydrogen (secondary N) is 1. The number of aromatic amines is 1. The Kier molecular flexibility index (Phi) is 4.35. The van der Waals surface area contributed by atoms with Crippen molar-refractivity contribution in [2.45, 2.75) is 32.7 Å². The molecule has 0 bridgehead atoms. The number of aromatic nitrogens is 4. The summed E-state index contributed by atoms with van der Waals surface area (Å²) >= 11 is 0. The number of hydrogen-bond acceptors (Lipinski definition) is 5. The SMILES string of the molecule is Cc1ccc2[nH]c3c(c2c1)CN(C(=O)CCc1nc(-c2ccncc2)no1)CC3. The summed E-state index contributed by atoms with van der Waals surface area (Å²) in [6, 6.07) is 10.1. The first-order valence-electron chi connectivity index (χ1n) is 9.78. The van der Waals surface area contributed by atoms with E-state index in [-0.39, 0.29) is 5.91 Å². The van der Waals surface area contributed by atoms with Gasteiger partial charge in [0.1, 0.15) is 0 Å². The first kappa shape index (κ1) is 17.6. The van der Waals surface area contributed by atoms with Crippen molar-refractivity contribution in [3.63, 3.8) is 0 Å². The van der Waals surface area contributed by atoms with E-state index in [0.29, 0.717) is 31.1 Å². The second-order valence-corrected chi connectivity index (χ2v) is 7.44. The third-order valence-electron chi connectivity index (χ3n) is 5.44. The van der Waals surface area contributed by atoms with E-state index in [9.17, 15) is 4.79 Å². The van der Waals surface area contributed by atoms with Gasteiger partial charge in [0, 0.05) is 72.5 Å². The summed E-state index contributed by atoms with van der Waals surface area (Å²) in [6.45, 7) is 3.46. The average Bonchev–Trinajstić information content (AvgIpc) is 3.37. The zero-order valence-corrected chi connectivity index (χ0v) is 16.2. The summed E-state index contributed by atoms with van der Waals surface area (Å²) in [6.07, 6.45) is 5.01. The fraction of sp³-hybridized carbons (Fsp3) is 0.273. The lowest BCUT2D eigenvalue weighted by Gasteiger charge is -2.27. The highest BCUT2D eigenvalue weighted by molar-refractivity contribution is 5.86. The lowest BCUT2D eigenvalue weighted by Crippen LogP contribution is -2.35. The number of amides is 1. The van der Waals surface area contributed by atoms with E-state index in [1.54, 1.807) is 12.4 Å². The molecule has 0 atom stereocenters. The zero-order valence-electron chi connectivity index (χ0n) is 16.2. The Hall–Kier alpha value is -3.48. The van der Waals surface area contributed by atoms with Crippen LogP contribution >= 0.6 is 0 Å². The molecule has 1 aliphatic rings. The van der Waals surface area contributed by atoms with Gasteiger partial charge in [0.05, 0.1) is 0 Å². The molecule has 1 N–H and O–H groups in total. The summed E-state index contributed by atoms with van der Waals surface area (Å²) in [5, 5.41) is 5.22. The third kappa shape index (κ3) is 3.40. The highest BCUT2D eigenvalue weighted by Gasteiger charge is 2.24. The molecule has 0 aliphatic carbocycles. The lowest BCUT2D eigenvalue weighted by molar-refractivity contribution is -0.132. The number of benzene rings is 1. The van der Waals surface area contributed by atoms with E-state index >= 15 is 0 Å². The number of aryl methyl sites for hydroxylation is 2. The Labute approximate surface area is 167 Å². The molecule has 4 aromatic rings. The Balaban J connectivity index is 1.26. The molecular formula is C22H21N5O2. The highest BCUT2D eigenvalue weighted by Crippen LogP contribution is 2.29. The molecule has 1 aliphatic heterocycles. The van der Waals surface area contributed by atoms with Crippen LogP contribution in [0, 0.1) is 6.92 Å². The minimum Gasteiger partial charge on any atom is -0.358 e. The number of carbonyl (C=O) groups excluding carboxylic acids is 1. The van der Waals surface area contributed by atoms with Gasteiger partial charge in [-0.15, -0.1) is 0 Å². The standard InChI is InChI=1S/C22H21N5O2/c1-14-2-3-18-16(12-14)17-13-27(11-8-19(17)24-18)21(28)5-4-20-25-22(26-29-20)15-6-9-23-10-7-15/h2-3,6-7,9-10,12,24H,4-5,8,11,13H2,1H3. The van der Waals surface area contributed by atoms with Crippen molar-refractivity contribution in [1.82, 2.24) is 25.0 Å². The van der Waals surface area contributed by atoms with Crippen molar-refractivity contribution < 1.29 is 9.32 Å². The summed E-state index contributed by atoms with van der Waals surface area (Å²) < 4.78 is 5.31. The molecule has 3 aromatic heterocycles. The van der Waals surface area contributed by atoms with Crippen molar-refractivity contribution in [2.75, 3.05) is 6.54 Å². The normalized spacial score (nSPS) is 13.6. The van der Waals surface area contributed by atoms with Crippen molar-refractivity contribution in [3.05, 3.63) is 65.4 Å². The molecule has 5 rings (SSSR count). The van der Waals surface area contributed by atoms with E-state index in [1.807, 2.05) is 17.0 Å². The van der Waals surface area contributed by atoms with Crippen LogP contribution in [0.5, 0.6) is 0 Å². The minimum atomic E-state index is 0.112. The van der Waals surface area contributed by atoms with Crippen molar-refractivity contribution in [1.29, 1.82) is 0 Å². The second-order valence-electron chi connectivity index (χ2n) is 7.44. The number of fused-ring (bicyclic) bond motifs is 3. The van der Waals surface area contributed by atoms with Crippen molar-refractivity contribution in [3.8, 4) is 11.4 Å². The lowest BCUT2D eigenvalue weighted by atomic mass is 10.0. The van der Waals surface area contributed by atoms with Gasteiger partial charge in [0.25, 0.3) is 0 Å². The molecule has 7 heteroatoms. The summed E-state index contributed by atoms with van der Waals surface area (Å²) in [7, 11) is 0. The van der Waals surface area contributed by atoms with Gasteiger partial charge in [0.15, 0.2) is 0 Å². The largest absolute Gasteiger partial charge is 0.358 e. The van der Waals surface area contributed by atoms with Crippen LogP contribution in [0.1, 0.15) is 29.1 Å². The van der Waals surface area contributed by atoms with Gasteiger partial charge >= 0.3 is 0 Å². The van der Waals surface area contributed by atoms with Gasteiger partial charge in [-0.2, -0.15) is 4.98 Å². The first-order valence-corrected chi connectivity index (χ1v) is 9.78. The van der Waals surface area contributed by atoms with Crippen LogP contribution in [-0.2, 0) is 24.2 Å². The van der Waals surface area contributed by atoms with Crippen LogP contribution in [0.15, 0.2) is 47.2 Å². The molecule has 0 spiro atoms. The molecule has 1 amide bonds. The van der Waals surface area contributed by atoms with E-state index < -0.39 is 0 Å². The maximum absolute atomic E-state index is 12.8. The molecule has 29 heavy (non-hydrogen) atoms. The number of H-pyrrole nitrogens is 1. The maximum Gasteiger partial charge on any atom is 0.227 e. The van der Waals surface area contributed by atoms with Crippen LogP contribution < -0.4 is 0 Å². The molecule has 4 heterocycles. The average molecular weight is 387 g/mol. The van der Waals surface area contributed by atoms with E-state index in [0.717, 1.165) is 24.0 Å². The fourth-order valence-electron chi connectivity index (χ4n) is 3.89. The second kappa shape index (κ2) is 7.16. The van der Waals surface area contributed by atoms with Crippen molar-refractivity contribution >= 4 is 16.8 Å². The monoisotopic (exact) mass is 387 g/mol. The zero-order chi connectivity index (χ0) is 19.8. The molecule has 0 fully saturated rings. The molecule has 0 radical (unpaired) electrons. The number of rotatable bonds is 4. The minimum absolute atomic E-state index is 0.112. The molecule has 0 saturated heterocycles. The maximum atomic E-state index is 12.8. The quantitative estimate of drug-likeness (QED) is 0.580. The topological polar surface area (TPSA) is 87.9 Å². The number of hydrogen-bond donors (Lipinski definition) is 1. The van der Waals surface area contributed by atoms with Crippen LogP contribution in [0.2, 0.25) is 0 Å². The van der Waals surface area contributed by atoms with Crippen LogP contribution in [0.4, 0.5) is 0 Å². The van der Waals surface area contributed by atoms with E-state index in [4.69, 9.17) is 4.52 Å². The van der Waals surface area contributed by atoms with Gasteiger partial charge in [-0.1, -0.05) is 16.8 Å². The molecule has 0 unspecified atom stereocenters. The van der Waals surface area contributed by atoms with Gasteiger partial charge in [-0.3, -0.25) is 9.78 Å². The Morgan fingerprint density at radius 1 is 1.24 bits per heavy atom. The van der Waals surface area contributed by atoms with Crippen LogP contribution in [0.25, 0.3) is 22.3 Å². The van der Waals surface area contributed by atoms with Gasteiger partial charge in [-0.25, -0.2) is 0 Å². The summed E-state index contributed by atoms with van der Waals surface area (Å²) in [4.78, 5) is 26.6. The third-order valence-corrected chi connectivity index (χ3v) is 5.44. The van der Waals surface area contributed by atoms with E-state index in [1.165, 1.54) is 22.2 Å². The predicted molar refractivity (Wildman–Crippen MR) is 108 cm³/mol. The van der Waals surface area contributed by atoms with Gasteiger partial charge in [-0.05, 0) is 31.2 Å². The molecule has 1 aromatic carbocycles. The molecule has 7 nitrogen and oxygen atoms in total. The smallest absolute Gasteiger partial charge is 0.227 e. The van der Waals surface area contributed by atoms with Gasteiger partial charge < -0.3 is 14.4 Å². The van der Waals surface area contributed by atoms with Crippen LogP contribution in [-0.4, -0.2) is 37.5 Å². The Morgan fingerprint density at radius 3 is 2.97 bits per heavy atom. The number of pyridine rings is 1. The predicted octanol–water partition coefficient (Wildman–Crippen LogP) is 3.44. The molecular weight excluding hydrogens is 366 g/mol. The summed E-state index contributed by atoms with van der Waals surface area (Å²) in [5.41, 5.74) is 5.70. The Morgan fingerprint density at radius 2 is 2.10 bits per heavy atom. The number of carbonyl (C=O) groups is 1. The highest BCUT2D eigenvalue weighted by atomic mass is 16.5. The molecule has 0 saturated carbocycles. The fourth-order valence-corrected chi connectivity index (χ4v) is 3.89. The number of nitrogens with zero attached hydrogens (tertiary/aromatic N) is 4. The van der Waals surface area contributed by atoms with Crippen molar-refractivity contribution in [2.24, 2.45) is 0 Å². The van der Waals surface area contributed by atoms with Gasteiger partial charge in [0.2, 0.25) is 17.6 Å².